The summed E-state index contributed by atoms with van der Waals surface area (Å²) in [5, 5.41) is 31.6. The Morgan fingerprint density at radius 2 is 1.73 bits per heavy atom. The summed E-state index contributed by atoms with van der Waals surface area (Å²) in [6, 6.07) is 0. The topological polar surface area (TPSA) is 60.7 Å². The summed E-state index contributed by atoms with van der Waals surface area (Å²) in [5.74, 6) is 1.31. The molecule has 3 nitrogen and oxygen atoms in total. The lowest BCUT2D eigenvalue weighted by Crippen LogP contribution is -2.58. The fourth-order valence-electron chi connectivity index (χ4n) is 7.77. The van der Waals surface area contributed by atoms with E-state index in [1.54, 1.807) is 0 Å². The molecule has 2 bridgehead atoms. The van der Waals surface area contributed by atoms with Gasteiger partial charge in [0.05, 0.1) is 17.8 Å². The van der Waals surface area contributed by atoms with E-state index in [0.717, 1.165) is 44.9 Å². The Labute approximate surface area is 134 Å². The Hall–Kier alpha value is -0.120. The molecule has 4 rings (SSSR count). The zero-order chi connectivity index (χ0) is 15.8. The number of hydrogen-bond donors (Lipinski definition) is 3. The van der Waals surface area contributed by atoms with E-state index < -0.39 is 11.2 Å². The van der Waals surface area contributed by atoms with Crippen molar-refractivity contribution in [3.05, 3.63) is 0 Å². The lowest BCUT2D eigenvalue weighted by atomic mass is 9.43. The monoisotopic (exact) mass is 308 g/mol. The molecule has 126 valence electrons. The number of fused-ring (bicyclic) bond motifs is 3. The lowest BCUT2D eigenvalue weighted by molar-refractivity contribution is -0.180. The van der Waals surface area contributed by atoms with Gasteiger partial charge in [-0.15, -0.1) is 0 Å². The molecule has 0 aromatic rings. The van der Waals surface area contributed by atoms with Gasteiger partial charge in [-0.3, -0.25) is 0 Å². The normalized spacial score (nSPS) is 60.7. The van der Waals surface area contributed by atoms with Crippen LogP contribution in [0.25, 0.3) is 0 Å². The largest absolute Gasteiger partial charge is 0.393 e. The highest BCUT2D eigenvalue weighted by molar-refractivity contribution is 5.17. The van der Waals surface area contributed by atoms with Crippen LogP contribution in [0.2, 0.25) is 0 Å². The molecule has 0 heterocycles. The maximum atomic E-state index is 11.0. The van der Waals surface area contributed by atoms with Crippen LogP contribution in [0.3, 0.4) is 0 Å². The molecule has 4 aliphatic carbocycles. The fourth-order valence-corrected chi connectivity index (χ4v) is 7.77. The van der Waals surface area contributed by atoms with Crippen molar-refractivity contribution in [1.82, 2.24) is 0 Å². The van der Waals surface area contributed by atoms with E-state index in [1.165, 1.54) is 12.8 Å². The first kappa shape index (κ1) is 15.4. The summed E-state index contributed by atoms with van der Waals surface area (Å²) in [5.41, 5.74) is -0.919. The molecule has 4 saturated carbocycles. The van der Waals surface area contributed by atoms with E-state index in [-0.39, 0.29) is 23.4 Å². The van der Waals surface area contributed by atoms with Crippen LogP contribution in [-0.4, -0.2) is 33.1 Å². The Morgan fingerprint density at radius 3 is 2.45 bits per heavy atom. The minimum Gasteiger partial charge on any atom is -0.393 e. The molecular formula is C19H32O3. The zero-order valence-electron chi connectivity index (χ0n) is 14.1. The summed E-state index contributed by atoms with van der Waals surface area (Å²) >= 11 is 0. The van der Waals surface area contributed by atoms with Crippen molar-refractivity contribution in [2.75, 3.05) is 6.61 Å². The van der Waals surface area contributed by atoms with Crippen molar-refractivity contribution in [3.63, 3.8) is 0 Å². The summed E-state index contributed by atoms with van der Waals surface area (Å²) < 4.78 is 0. The molecule has 4 aliphatic rings. The van der Waals surface area contributed by atoms with Crippen molar-refractivity contribution in [1.29, 1.82) is 0 Å². The number of hydrogen-bond acceptors (Lipinski definition) is 3. The van der Waals surface area contributed by atoms with Gasteiger partial charge in [-0.05, 0) is 86.9 Å². The average Bonchev–Trinajstić information content (AvgIpc) is 2.65. The van der Waals surface area contributed by atoms with E-state index in [2.05, 4.69) is 13.8 Å². The summed E-state index contributed by atoms with van der Waals surface area (Å²) in [6.07, 6.45) is 9.62. The number of aliphatic hydroxyl groups is 3. The first-order chi connectivity index (χ1) is 10.3. The summed E-state index contributed by atoms with van der Waals surface area (Å²) in [7, 11) is 0. The van der Waals surface area contributed by atoms with Crippen LogP contribution in [0.4, 0.5) is 0 Å². The van der Waals surface area contributed by atoms with Crippen LogP contribution in [0.15, 0.2) is 0 Å². The first-order valence-electron chi connectivity index (χ1n) is 9.31. The zero-order valence-corrected chi connectivity index (χ0v) is 14.1. The first-order valence-corrected chi connectivity index (χ1v) is 9.31. The highest BCUT2D eigenvalue weighted by Crippen LogP contribution is 2.71. The third-order valence-electron chi connectivity index (χ3n) is 8.56. The van der Waals surface area contributed by atoms with Crippen molar-refractivity contribution >= 4 is 0 Å². The quantitative estimate of drug-likeness (QED) is 0.698. The van der Waals surface area contributed by atoms with Crippen molar-refractivity contribution in [3.8, 4) is 0 Å². The molecule has 4 fully saturated rings. The van der Waals surface area contributed by atoms with E-state index >= 15 is 0 Å². The third-order valence-corrected chi connectivity index (χ3v) is 8.56. The Balaban J connectivity index is 1.72. The molecule has 7 atom stereocenters. The summed E-state index contributed by atoms with van der Waals surface area (Å²) in [6.45, 7) is 4.40. The number of aliphatic hydroxyl groups excluding tert-OH is 1. The molecular weight excluding hydrogens is 276 g/mol. The molecule has 3 heteroatoms. The molecule has 0 aromatic heterocycles. The third kappa shape index (κ3) is 1.79. The van der Waals surface area contributed by atoms with E-state index in [0.29, 0.717) is 11.8 Å². The maximum Gasteiger partial charge on any atom is 0.0910 e. The second-order valence-electron chi connectivity index (χ2n) is 9.64. The number of rotatable bonds is 1. The van der Waals surface area contributed by atoms with Gasteiger partial charge in [-0.25, -0.2) is 0 Å². The minimum absolute atomic E-state index is 0.0794. The van der Waals surface area contributed by atoms with E-state index in [4.69, 9.17) is 0 Å². The van der Waals surface area contributed by atoms with Crippen LogP contribution >= 0.6 is 0 Å². The van der Waals surface area contributed by atoms with E-state index in [1.807, 2.05) is 0 Å². The van der Waals surface area contributed by atoms with E-state index in [9.17, 15) is 15.3 Å². The van der Waals surface area contributed by atoms with Gasteiger partial charge >= 0.3 is 0 Å². The molecule has 22 heavy (non-hydrogen) atoms. The Kier molecular flexibility index (Phi) is 3.14. The Bertz CT molecular complexity index is 475. The Morgan fingerprint density at radius 1 is 0.955 bits per heavy atom. The van der Waals surface area contributed by atoms with Crippen LogP contribution in [0.1, 0.15) is 71.6 Å². The molecule has 0 aliphatic heterocycles. The maximum absolute atomic E-state index is 11.0. The lowest BCUT2D eigenvalue weighted by Gasteiger charge is -2.63. The second-order valence-corrected chi connectivity index (χ2v) is 9.64. The molecule has 0 unspecified atom stereocenters. The predicted molar refractivity (Wildman–Crippen MR) is 85.2 cm³/mol. The second kappa shape index (κ2) is 4.49. The van der Waals surface area contributed by atoms with Gasteiger partial charge in [0.1, 0.15) is 0 Å². The molecule has 1 spiro atoms. The van der Waals surface area contributed by atoms with Gasteiger partial charge < -0.3 is 15.3 Å². The standard InChI is InChI=1S/C19H32O3/c1-16-7-3-8-17(2,21)14(16)6-9-18-10-13(4-5-15(16)18)19(22,11-18)12-20/h13-15,20-22H,3-12H2,1-2H3/t13-,14+,15+,16-,17-,18+,19-/m1/s1. The van der Waals surface area contributed by atoms with Crippen LogP contribution in [0, 0.1) is 28.6 Å². The predicted octanol–water partition coefficient (Wildman–Crippen LogP) is 2.87. The van der Waals surface area contributed by atoms with Crippen LogP contribution in [-0.2, 0) is 0 Å². The van der Waals surface area contributed by atoms with Crippen molar-refractivity contribution in [2.45, 2.75) is 82.8 Å². The van der Waals surface area contributed by atoms with Gasteiger partial charge in [0.2, 0.25) is 0 Å². The SMILES string of the molecule is C[C@@]12CCC[C@@](C)(O)[C@H]1CC[C@@]13C[C@@H](CC[C@H]12)[C@](O)(CO)C3. The fraction of sp³-hybridized carbons (Fsp3) is 1.00. The van der Waals surface area contributed by atoms with Gasteiger partial charge in [0, 0.05) is 0 Å². The smallest absolute Gasteiger partial charge is 0.0910 e. The summed E-state index contributed by atoms with van der Waals surface area (Å²) in [4.78, 5) is 0. The van der Waals surface area contributed by atoms with Crippen molar-refractivity contribution in [2.24, 2.45) is 28.6 Å². The average molecular weight is 308 g/mol. The molecule has 0 amide bonds. The molecule has 0 radical (unpaired) electrons. The van der Waals surface area contributed by atoms with Crippen LogP contribution in [0.5, 0.6) is 0 Å². The molecule has 0 aromatic carbocycles. The van der Waals surface area contributed by atoms with Gasteiger partial charge in [0.15, 0.2) is 0 Å². The van der Waals surface area contributed by atoms with Gasteiger partial charge in [0.25, 0.3) is 0 Å². The van der Waals surface area contributed by atoms with Crippen LogP contribution < -0.4 is 0 Å². The highest BCUT2D eigenvalue weighted by Gasteiger charge is 2.67. The van der Waals surface area contributed by atoms with Crippen molar-refractivity contribution < 1.29 is 15.3 Å². The van der Waals surface area contributed by atoms with Gasteiger partial charge in [-0.1, -0.05) is 13.3 Å². The minimum atomic E-state index is -0.838. The highest BCUT2D eigenvalue weighted by atomic mass is 16.3. The molecule has 3 N–H and O–H groups in total. The molecule has 0 saturated heterocycles. The van der Waals surface area contributed by atoms with Gasteiger partial charge in [-0.2, -0.15) is 0 Å².